The number of nitrogens with zero attached hydrogens (tertiary/aromatic N) is 4. The van der Waals surface area contributed by atoms with Crippen molar-refractivity contribution in [2.75, 3.05) is 21.3 Å². The smallest absolute Gasteiger partial charge is 0.323 e. The molecule has 5 aromatic carbocycles. The molecule has 0 aliphatic heterocycles. The predicted octanol–water partition coefficient (Wildman–Crippen LogP) is 13.3. The van der Waals surface area contributed by atoms with Crippen LogP contribution >= 0.6 is 46.4 Å². The van der Waals surface area contributed by atoms with Crippen LogP contribution in [0.25, 0.3) is 0 Å². The third kappa shape index (κ3) is 13.1. The van der Waals surface area contributed by atoms with Gasteiger partial charge < -0.3 is 21.3 Å². The molecule has 0 saturated carbocycles. The summed E-state index contributed by atoms with van der Waals surface area (Å²) in [6, 6.07) is 12.4. The molecule has 366 valence electrons. The van der Waals surface area contributed by atoms with E-state index in [2.05, 4.69) is 41.7 Å². The molecule has 0 heterocycles. The zero-order valence-electron chi connectivity index (χ0n) is 36.7. The standard InChI is InChI=1S/C46H36Cl4F6N8O6/c1-5-25-26(6-2)32(58-44(70)40(22(4)66)64-62-36-12-8-10-28(38(36)50)42(68)60-34-16-14-24(48)20-30(34)46(54,55)56)18-17-31(25)57-43(69)39(21(3)65)63-61-35-11-7-9-27(37(35)49)41(67)59-33-15-13-23(47)19-29(33)45(51,52)53/h7-20,39-40H,5-6H2,1-4H3,(H,57,69)(H,58,70)(H,59,67)(H,60,68). The Morgan fingerprint density at radius 2 is 0.857 bits per heavy atom. The van der Waals surface area contributed by atoms with Crippen LogP contribution in [0.4, 0.5) is 60.5 Å². The fourth-order valence-electron chi connectivity index (χ4n) is 6.66. The van der Waals surface area contributed by atoms with Gasteiger partial charge in [0.2, 0.25) is 12.1 Å². The molecular weight excluding hydrogens is 1020 g/mol. The molecule has 24 heteroatoms. The van der Waals surface area contributed by atoms with E-state index in [1.807, 2.05) is 0 Å². The van der Waals surface area contributed by atoms with Crippen LogP contribution in [-0.2, 0) is 44.4 Å². The minimum absolute atomic E-state index is 0.202. The minimum atomic E-state index is -4.86. The molecule has 14 nitrogen and oxygen atoms in total. The largest absolute Gasteiger partial charge is 0.418 e. The molecule has 0 saturated heterocycles. The fraction of sp³-hybridized carbons (Fsp3) is 0.217. The zero-order chi connectivity index (χ0) is 51.8. The van der Waals surface area contributed by atoms with Gasteiger partial charge in [0.15, 0.2) is 11.6 Å². The van der Waals surface area contributed by atoms with E-state index in [-0.39, 0.29) is 66.8 Å². The van der Waals surface area contributed by atoms with Crippen LogP contribution < -0.4 is 21.3 Å². The van der Waals surface area contributed by atoms with Gasteiger partial charge in [-0.1, -0.05) is 72.4 Å². The van der Waals surface area contributed by atoms with Gasteiger partial charge in [-0.2, -0.15) is 46.8 Å². The van der Waals surface area contributed by atoms with E-state index in [1.54, 1.807) is 13.8 Å². The third-order valence-electron chi connectivity index (χ3n) is 10.00. The fourth-order valence-corrected chi connectivity index (χ4v) is 7.50. The van der Waals surface area contributed by atoms with E-state index in [0.717, 1.165) is 38.1 Å². The van der Waals surface area contributed by atoms with Gasteiger partial charge >= 0.3 is 12.4 Å². The number of nitrogens with one attached hydrogen (secondary N) is 4. The highest BCUT2D eigenvalue weighted by atomic mass is 35.5. The first-order chi connectivity index (χ1) is 32.9. The maximum atomic E-state index is 13.7. The van der Waals surface area contributed by atoms with Crippen LogP contribution in [-0.4, -0.2) is 47.3 Å². The lowest BCUT2D eigenvalue weighted by Crippen LogP contribution is -2.33. The third-order valence-corrected chi connectivity index (χ3v) is 11.3. The van der Waals surface area contributed by atoms with E-state index in [4.69, 9.17) is 46.4 Å². The van der Waals surface area contributed by atoms with Gasteiger partial charge in [0, 0.05) is 21.4 Å². The molecule has 4 N–H and O–H groups in total. The number of carbonyl (C=O) groups excluding carboxylic acids is 6. The summed E-state index contributed by atoms with van der Waals surface area (Å²) in [5, 5.41) is 24.0. The average Bonchev–Trinajstić information content (AvgIpc) is 3.28. The van der Waals surface area contributed by atoms with E-state index < -0.39 is 82.1 Å². The molecule has 2 unspecified atom stereocenters. The number of Topliss-reactive ketones (excluding diaryl/α,β-unsaturated/α-hetero) is 2. The normalized spacial score (nSPS) is 12.7. The number of rotatable bonds is 16. The molecule has 5 aromatic rings. The van der Waals surface area contributed by atoms with Crippen molar-refractivity contribution in [3.63, 3.8) is 0 Å². The summed E-state index contributed by atoms with van der Waals surface area (Å²) in [6.45, 7) is 5.63. The molecule has 0 aliphatic rings. The Labute approximate surface area is 414 Å². The highest BCUT2D eigenvalue weighted by Gasteiger charge is 2.36. The number of azo groups is 2. The molecule has 70 heavy (non-hydrogen) atoms. The summed E-state index contributed by atoms with van der Waals surface area (Å²) in [5.41, 5.74) is -3.18. The Morgan fingerprint density at radius 1 is 0.514 bits per heavy atom. The van der Waals surface area contributed by atoms with Gasteiger partial charge in [-0.3, -0.25) is 28.8 Å². The first-order valence-electron chi connectivity index (χ1n) is 20.4. The molecule has 0 spiro atoms. The number of ketones is 2. The number of anilines is 4. The summed E-state index contributed by atoms with van der Waals surface area (Å²) in [4.78, 5) is 78.8. The van der Waals surface area contributed by atoms with Crippen LogP contribution in [0.5, 0.6) is 0 Å². The van der Waals surface area contributed by atoms with Crippen molar-refractivity contribution < 1.29 is 55.1 Å². The van der Waals surface area contributed by atoms with Gasteiger partial charge in [-0.05, 0) is 111 Å². The lowest BCUT2D eigenvalue weighted by molar-refractivity contribution is -0.137. The molecule has 0 aliphatic carbocycles. The van der Waals surface area contributed by atoms with Crippen molar-refractivity contribution >= 4 is 116 Å². The topological polar surface area (TPSA) is 200 Å². The monoisotopic (exact) mass is 1050 g/mol. The minimum Gasteiger partial charge on any atom is -0.323 e. The van der Waals surface area contributed by atoms with Gasteiger partial charge in [-0.25, -0.2) is 0 Å². The summed E-state index contributed by atoms with van der Waals surface area (Å²) in [5.74, 6) is -5.48. The molecular formula is C46H36Cl4F6N8O6. The maximum Gasteiger partial charge on any atom is 0.418 e. The SMILES string of the molecule is CCc1c(NC(=O)C(N=Nc2cccc(C(=O)Nc3ccc(Cl)cc3C(F)(F)F)c2Cl)C(C)=O)ccc(NC(=O)C(N=Nc2cccc(C(=O)Nc3ccc(Cl)cc3C(F)(F)F)c2Cl)C(C)=O)c1CC. The second kappa shape index (κ2) is 22.8. The number of halogens is 10. The van der Waals surface area contributed by atoms with Gasteiger partial charge in [0.05, 0.1) is 43.7 Å². The van der Waals surface area contributed by atoms with Crippen molar-refractivity contribution in [3.8, 4) is 0 Å². The van der Waals surface area contributed by atoms with Crippen LogP contribution in [0.15, 0.2) is 105 Å². The highest BCUT2D eigenvalue weighted by molar-refractivity contribution is 6.37. The van der Waals surface area contributed by atoms with Crippen LogP contribution in [0, 0.1) is 0 Å². The molecule has 0 fully saturated rings. The molecule has 5 rings (SSSR count). The first-order valence-corrected chi connectivity index (χ1v) is 21.9. The Bertz CT molecular complexity index is 2770. The predicted molar refractivity (Wildman–Crippen MR) is 252 cm³/mol. The Balaban J connectivity index is 1.32. The van der Waals surface area contributed by atoms with Gasteiger partial charge in [-0.15, -0.1) is 0 Å². The lowest BCUT2D eigenvalue weighted by Gasteiger charge is -2.20. The summed E-state index contributed by atoms with van der Waals surface area (Å²) in [7, 11) is 0. The van der Waals surface area contributed by atoms with E-state index in [9.17, 15) is 55.1 Å². The van der Waals surface area contributed by atoms with Crippen LogP contribution in [0.1, 0.15) is 70.7 Å². The van der Waals surface area contributed by atoms with E-state index in [1.165, 1.54) is 48.5 Å². The Hall–Kier alpha value is -6.74. The van der Waals surface area contributed by atoms with Gasteiger partial charge in [0.25, 0.3) is 23.6 Å². The summed E-state index contributed by atoms with van der Waals surface area (Å²) >= 11 is 24.3. The number of benzene rings is 5. The zero-order valence-corrected chi connectivity index (χ0v) is 39.7. The second-order valence-electron chi connectivity index (χ2n) is 14.8. The van der Waals surface area contributed by atoms with Crippen LogP contribution in [0.2, 0.25) is 20.1 Å². The van der Waals surface area contributed by atoms with E-state index in [0.29, 0.717) is 23.3 Å². The Morgan fingerprint density at radius 3 is 1.17 bits per heavy atom. The van der Waals surface area contributed by atoms with Crippen molar-refractivity contribution in [3.05, 3.63) is 138 Å². The van der Waals surface area contributed by atoms with Crippen molar-refractivity contribution in [2.45, 2.75) is 65.0 Å². The molecule has 4 amide bonds. The number of hydrogen-bond acceptors (Lipinski definition) is 10. The number of hydrogen-bond donors (Lipinski definition) is 4. The van der Waals surface area contributed by atoms with Crippen molar-refractivity contribution in [2.24, 2.45) is 20.5 Å². The molecule has 0 aromatic heterocycles. The van der Waals surface area contributed by atoms with Gasteiger partial charge in [0.1, 0.15) is 11.4 Å². The maximum absolute atomic E-state index is 13.7. The lowest BCUT2D eigenvalue weighted by atomic mass is 9.98. The second-order valence-corrected chi connectivity index (χ2v) is 16.5. The quantitative estimate of drug-likeness (QED) is 0.0430. The summed E-state index contributed by atoms with van der Waals surface area (Å²) < 4.78 is 81.9. The average molecular weight is 1050 g/mol. The number of amides is 4. The Kier molecular flexibility index (Phi) is 17.6. The van der Waals surface area contributed by atoms with Crippen LogP contribution in [0.3, 0.4) is 0 Å². The number of carbonyl (C=O) groups is 6. The first kappa shape index (κ1) is 54.2. The molecule has 0 bridgehead atoms. The van der Waals surface area contributed by atoms with E-state index >= 15 is 0 Å². The highest BCUT2D eigenvalue weighted by Crippen LogP contribution is 2.39. The summed E-state index contributed by atoms with van der Waals surface area (Å²) in [6.07, 6.45) is -9.18. The molecule has 0 radical (unpaired) electrons. The molecule has 2 atom stereocenters. The van der Waals surface area contributed by atoms with Crippen molar-refractivity contribution in [1.82, 2.24) is 0 Å². The van der Waals surface area contributed by atoms with Crippen molar-refractivity contribution in [1.29, 1.82) is 0 Å². The number of alkyl halides is 6.